The minimum atomic E-state index is -0.606. The molecular formula is C10H21N3O. The molecule has 0 rings (SSSR count). The van der Waals surface area contributed by atoms with Crippen LogP contribution in [0.2, 0.25) is 0 Å². The van der Waals surface area contributed by atoms with Crippen LogP contribution in [0.3, 0.4) is 0 Å². The van der Waals surface area contributed by atoms with E-state index in [9.17, 15) is 0 Å². The van der Waals surface area contributed by atoms with Gasteiger partial charge in [0.25, 0.3) is 0 Å². The first kappa shape index (κ1) is 13.4. The van der Waals surface area contributed by atoms with E-state index in [-0.39, 0.29) is 6.10 Å². The van der Waals surface area contributed by atoms with E-state index < -0.39 is 5.54 Å². The third-order valence-electron chi connectivity index (χ3n) is 2.45. The second kappa shape index (κ2) is 5.97. The molecule has 0 saturated heterocycles. The SMILES string of the molecule is COC(C)C(C)(C#N)NCCN(C)C. The topological polar surface area (TPSA) is 48.3 Å². The van der Waals surface area contributed by atoms with Gasteiger partial charge in [-0.15, -0.1) is 0 Å². The molecule has 4 nitrogen and oxygen atoms in total. The summed E-state index contributed by atoms with van der Waals surface area (Å²) in [5.74, 6) is 0. The molecule has 0 amide bonds. The molecule has 0 aromatic heterocycles. The number of rotatable bonds is 6. The Bertz CT molecular complexity index is 200. The standard InChI is InChI=1S/C10H21N3O/c1-9(14-5)10(2,8-11)12-6-7-13(3)4/h9,12H,6-7H2,1-5H3. The minimum absolute atomic E-state index is 0.116. The van der Waals surface area contributed by atoms with Crippen LogP contribution in [0.4, 0.5) is 0 Å². The summed E-state index contributed by atoms with van der Waals surface area (Å²) in [6.07, 6.45) is -0.116. The highest BCUT2D eigenvalue weighted by Crippen LogP contribution is 2.10. The first-order chi connectivity index (χ1) is 6.46. The van der Waals surface area contributed by atoms with Gasteiger partial charge in [-0.05, 0) is 27.9 Å². The van der Waals surface area contributed by atoms with E-state index in [2.05, 4.69) is 16.3 Å². The van der Waals surface area contributed by atoms with Crippen LogP contribution in [0.25, 0.3) is 0 Å². The zero-order valence-corrected chi connectivity index (χ0v) is 9.79. The Morgan fingerprint density at radius 2 is 2.14 bits per heavy atom. The first-order valence-corrected chi connectivity index (χ1v) is 4.80. The van der Waals surface area contributed by atoms with Gasteiger partial charge in [-0.3, -0.25) is 5.32 Å². The lowest BCUT2D eigenvalue weighted by Crippen LogP contribution is -2.52. The smallest absolute Gasteiger partial charge is 0.130 e. The third-order valence-corrected chi connectivity index (χ3v) is 2.45. The molecule has 82 valence electrons. The van der Waals surface area contributed by atoms with Crippen molar-refractivity contribution in [2.45, 2.75) is 25.5 Å². The first-order valence-electron chi connectivity index (χ1n) is 4.80. The van der Waals surface area contributed by atoms with Gasteiger partial charge in [0.05, 0.1) is 12.2 Å². The summed E-state index contributed by atoms with van der Waals surface area (Å²) in [6, 6.07) is 2.25. The number of ether oxygens (including phenoxy) is 1. The van der Waals surface area contributed by atoms with E-state index in [0.29, 0.717) is 0 Å². The molecule has 1 N–H and O–H groups in total. The predicted octanol–water partition coefficient (Wildman–Crippen LogP) is 0.455. The summed E-state index contributed by atoms with van der Waals surface area (Å²) < 4.78 is 5.17. The van der Waals surface area contributed by atoms with Crippen LogP contribution in [0.5, 0.6) is 0 Å². The maximum atomic E-state index is 9.05. The molecule has 0 aromatic rings. The van der Waals surface area contributed by atoms with Gasteiger partial charge in [0.2, 0.25) is 0 Å². The number of hydrogen-bond acceptors (Lipinski definition) is 4. The van der Waals surface area contributed by atoms with Crippen molar-refractivity contribution >= 4 is 0 Å². The summed E-state index contributed by atoms with van der Waals surface area (Å²) in [5, 5.41) is 12.2. The van der Waals surface area contributed by atoms with E-state index in [0.717, 1.165) is 13.1 Å². The van der Waals surface area contributed by atoms with Crippen LogP contribution in [0, 0.1) is 11.3 Å². The van der Waals surface area contributed by atoms with Crippen molar-refractivity contribution in [3.05, 3.63) is 0 Å². The number of likely N-dealkylation sites (N-methyl/N-ethyl adjacent to an activating group) is 1. The van der Waals surface area contributed by atoms with Crippen molar-refractivity contribution in [1.82, 2.24) is 10.2 Å². The largest absolute Gasteiger partial charge is 0.379 e. The molecule has 0 radical (unpaired) electrons. The lowest BCUT2D eigenvalue weighted by atomic mass is 9.98. The van der Waals surface area contributed by atoms with Crippen molar-refractivity contribution < 1.29 is 4.74 Å². The quantitative estimate of drug-likeness (QED) is 0.675. The lowest BCUT2D eigenvalue weighted by molar-refractivity contribution is 0.0620. The second-order valence-corrected chi connectivity index (χ2v) is 3.92. The van der Waals surface area contributed by atoms with Gasteiger partial charge in [0, 0.05) is 20.2 Å². The van der Waals surface area contributed by atoms with Crippen LogP contribution in [0.15, 0.2) is 0 Å². The lowest BCUT2D eigenvalue weighted by Gasteiger charge is -2.29. The van der Waals surface area contributed by atoms with Crippen molar-refractivity contribution in [3.8, 4) is 6.07 Å². The van der Waals surface area contributed by atoms with Crippen LogP contribution < -0.4 is 5.32 Å². The number of nitriles is 1. The summed E-state index contributed by atoms with van der Waals surface area (Å²) in [6.45, 7) is 5.45. The molecule has 2 atom stereocenters. The van der Waals surface area contributed by atoms with Gasteiger partial charge < -0.3 is 9.64 Å². The van der Waals surface area contributed by atoms with E-state index in [4.69, 9.17) is 10.00 Å². The molecule has 0 aliphatic rings. The third kappa shape index (κ3) is 4.05. The molecule has 0 aliphatic carbocycles. The average Bonchev–Trinajstić information content (AvgIpc) is 2.15. The molecule has 0 saturated carbocycles. The maximum Gasteiger partial charge on any atom is 0.130 e. The van der Waals surface area contributed by atoms with E-state index in [1.807, 2.05) is 27.9 Å². The zero-order valence-electron chi connectivity index (χ0n) is 9.79. The Hall–Kier alpha value is -0.630. The molecule has 14 heavy (non-hydrogen) atoms. The van der Waals surface area contributed by atoms with Gasteiger partial charge >= 0.3 is 0 Å². The Morgan fingerprint density at radius 3 is 2.50 bits per heavy atom. The molecule has 0 aliphatic heterocycles. The van der Waals surface area contributed by atoms with E-state index in [1.54, 1.807) is 7.11 Å². The van der Waals surface area contributed by atoms with Crippen LogP contribution in [-0.4, -0.2) is 50.8 Å². The second-order valence-electron chi connectivity index (χ2n) is 3.92. The Morgan fingerprint density at radius 1 is 1.57 bits per heavy atom. The summed E-state index contributed by atoms with van der Waals surface area (Å²) >= 11 is 0. The van der Waals surface area contributed by atoms with Crippen LogP contribution in [0.1, 0.15) is 13.8 Å². The molecular weight excluding hydrogens is 178 g/mol. The van der Waals surface area contributed by atoms with Crippen molar-refractivity contribution in [2.24, 2.45) is 0 Å². The summed E-state index contributed by atoms with van der Waals surface area (Å²) in [4.78, 5) is 2.07. The number of methoxy groups -OCH3 is 1. The van der Waals surface area contributed by atoms with Crippen molar-refractivity contribution in [3.63, 3.8) is 0 Å². The van der Waals surface area contributed by atoms with Crippen LogP contribution in [-0.2, 0) is 4.74 Å². The summed E-state index contributed by atoms with van der Waals surface area (Å²) in [5.41, 5.74) is -0.606. The van der Waals surface area contributed by atoms with Crippen molar-refractivity contribution in [2.75, 3.05) is 34.3 Å². The molecule has 0 fully saturated rings. The average molecular weight is 199 g/mol. The zero-order chi connectivity index (χ0) is 11.2. The molecule has 0 spiro atoms. The highest BCUT2D eigenvalue weighted by molar-refractivity contribution is 5.07. The molecule has 2 unspecified atom stereocenters. The number of nitrogens with zero attached hydrogens (tertiary/aromatic N) is 2. The van der Waals surface area contributed by atoms with Gasteiger partial charge in [0.15, 0.2) is 0 Å². The van der Waals surface area contributed by atoms with Gasteiger partial charge in [-0.25, -0.2) is 0 Å². The Balaban J connectivity index is 4.08. The number of nitrogens with one attached hydrogen (secondary N) is 1. The highest BCUT2D eigenvalue weighted by Gasteiger charge is 2.30. The van der Waals surface area contributed by atoms with Gasteiger partial charge in [-0.2, -0.15) is 5.26 Å². The monoisotopic (exact) mass is 199 g/mol. The van der Waals surface area contributed by atoms with Gasteiger partial charge in [-0.1, -0.05) is 0 Å². The van der Waals surface area contributed by atoms with Crippen LogP contribution >= 0.6 is 0 Å². The normalized spacial score (nSPS) is 17.5. The van der Waals surface area contributed by atoms with Gasteiger partial charge in [0.1, 0.15) is 5.54 Å². The fourth-order valence-corrected chi connectivity index (χ4v) is 1.05. The fourth-order valence-electron chi connectivity index (χ4n) is 1.05. The minimum Gasteiger partial charge on any atom is -0.379 e. The predicted molar refractivity (Wildman–Crippen MR) is 57.0 cm³/mol. The molecule has 4 heteroatoms. The van der Waals surface area contributed by atoms with E-state index in [1.165, 1.54) is 0 Å². The maximum absolute atomic E-state index is 9.05. The van der Waals surface area contributed by atoms with E-state index >= 15 is 0 Å². The van der Waals surface area contributed by atoms with Crippen molar-refractivity contribution in [1.29, 1.82) is 5.26 Å². The number of hydrogen-bond donors (Lipinski definition) is 1. The fraction of sp³-hybridized carbons (Fsp3) is 0.900. The molecule has 0 bridgehead atoms. The molecule has 0 aromatic carbocycles. The Labute approximate surface area is 86.8 Å². The summed E-state index contributed by atoms with van der Waals surface area (Å²) in [7, 11) is 5.63. The molecule has 0 heterocycles. The highest BCUT2D eigenvalue weighted by atomic mass is 16.5. The Kier molecular flexibility index (Phi) is 5.70.